The van der Waals surface area contributed by atoms with Gasteiger partial charge in [0.1, 0.15) is 0 Å². The normalized spacial score (nSPS) is 11.7. The van der Waals surface area contributed by atoms with Crippen molar-refractivity contribution in [3.05, 3.63) is 71.3 Å². The minimum atomic E-state index is -0.461. The van der Waals surface area contributed by atoms with E-state index in [1.807, 2.05) is 31.2 Å². The smallest absolute Gasteiger partial charge is 0.310 e. The molecule has 1 atom stereocenters. The largest absolute Gasteiger partial charge is 0.469 e. The number of hydrogen-bond donors (Lipinski definition) is 2. The summed E-state index contributed by atoms with van der Waals surface area (Å²) in [5, 5.41) is 5.44. The second-order valence-electron chi connectivity index (χ2n) is 6.79. The number of aryl methyl sites for hydroxylation is 1. The van der Waals surface area contributed by atoms with E-state index in [-0.39, 0.29) is 24.3 Å². The lowest BCUT2D eigenvalue weighted by molar-refractivity contribution is -0.145. The van der Waals surface area contributed by atoms with Crippen LogP contribution in [0.15, 0.2) is 54.6 Å². The fourth-order valence-corrected chi connectivity index (χ4v) is 2.75. The number of carbonyl (C=O) groups is 3. The highest BCUT2D eigenvalue weighted by Gasteiger charge is 2.20. The van der Waals surface area contributed by atoms with Gasteiger partial charge in [0.05, 0.1) is 13.0 Å². The van der Waals surface area contributed by atoms with Crippen molar-refractivity contribution < 1.29 is 19.1 Å². The minimum absolute atomic E-state index is 0.140. The second kappa shape index (κ2) is 10.8. The maximum absolute atomic E-state index is 12.1. The van der Waals surface area contributed by atoms with Crippen molar-refractivity contribution in [2.75, 3.05) is 19.0 Å². The molecule has 0 aliphatic carbocycles. The summed E-state index contributed by atoms with van der Waals surface area (Å²) in [7, 11) is 1.34. The highest BCUT2D eigenvalue weighted by Crippen LogP contribution is 2.12. The van der Waals surface area contributed by atoms with Crippen LogP contribution in [0, 0.1) is 12.8 Å². The van der Waals surface area contributed by atoms with Crippen LogP contribution in [0.4, 0.5) is 5.69 Å². The molecule has 2 rings (SSSR count). The zero-order chi connectivity index (χ0) is 21.2. The van der Waals surface area contributed by atoms with Gasteiger partial charge in [0.25, 0.3) is 0 Å². The molecule has 2 aromatic carbocycles. The number of methoxy groups -OCH3 is 1. The molecule has 0 aliphatic heterocycles. The first kappa shape index (κ1) is 21.9. The van der Waals surface area contributed by atoms with Crippen molar-refractivity contribution in [3.63, 3.8) is 0 Å². The van der Waals surface area contributed by atoms with Crippen LogP contribution in [0.3, 0.4) is 0 Å². The highest BCUT2D eigenvalue weighted by atomic mass is 16.5. The molecule has 2 N–H and O–H groups in total. The van der Waals surface area contributed by atoms with E-state index in [1.165, 1.54) is 20.1 Å². The summed E-state index contributed by atoms with van der Waals surface area (Å²) in [6.07, 6.45) is 3.56. The number of amides is 2. The lowest BCUT2D eigenvalue weighted by atomic mass is 9.98. The quantitative estimate of drug-likeness (QED) is 0.532. The Hall–Kier alpha value is -3.41. The summed E-state index contributed by atoms with van der Waals surface area (Å²) in [6, 6.07) is 15.0. The third-order valence-corrected chi connectivity index (χ3v) is 4.32. The molecule has 0 saturated heterocycles. The summed E-state index contributed by atoms with van der Waals surface area (Å²) in [5.74, 6) is -1.26. The molecule has 0 spiro atoms. The van der Waals surface area contributed by atoms with Gasteiger partial charge in [0.15, 0.2) is 0 Å². The van der Waals surface area contributed by atoms with Crippen molar-refractivity contribution in [2.24, 2.45) is 5.92 Å². The molecule has 0 heterocycles. The molecule has 2 amide bonds. The monoisotopic (exact) mass is 394 g/mol. The molecule has 1 unspecified atom stereocenters. The zero-order valence-corrected chi connectivity index (χ0v) is 16.9. The average molecular weight is 394 g/mol. The van der Waals surface area contributed by atoms with Gasteiger partial charge < -0.3 is 15.4 Å². The maximum atomic E-state index is 12.1. The van der Waals surface area contributed by atoms with E-state index in [4.69, 9.17) is 4.74 Å². The topological polar surface area (TPSA) is 84.5 Å². The summed E-state index contributed by atoms with van der Waals surface area (Å²) >= 11 is 0. The van der Waals surface area contributed by atoms with Crippen molar-refractivity contribution >= 4 is 29.5 Å². The first-order chi connectivity index (χ1) is 13.9. The van der Waals surface area contributed by atoms with Gasteiger partial charge in [-0.15, -0.1) is 0 Å². The molecule has 152 valence electrons. The van der Waals surface area contributed by atoms with E-state index in [1.54, 1.807) is 30.3 Å². The fourth-order valence-electron chi connectivity index (χ4n) is 2.75. The van der Waals surface area contributed by atoms with Gasteiger partial charge in [-0.2, -0.15) is 0 Å². The Labute approximate surface area is 171 Å². The molecule has 0 bridgehead atoms. The Bertz CT molecular complexity index is 871. The lowest BCUT2D eigenvalue weighted by Gasteiger charge is -2.15. The van der Waals surface area contributed by atoms with Crippen molar-refractivity contribution in [3.8, 4) is 0 Å². The summed E-state index contributed by atoms with van der Waals surface area (Å²) in [5.41, 5.74) is 3.66. The minimum Gasteiger partial charge on any atom is -0.469 e. The molecule has 6 heteroatoms. The average Bonchev–Trinajstić information content (AvgIpc) is 2.71. The lowest BCUT2D eigenvalue weighted by Crippen LogP contribution is -2.33. The van der Waals surface area contributed by atoms with Crippen molar-refractivity contribution in [2.45, 2.75) is 20.3 Å². The zero-order valence-electron chi connectivity index (χ0n) is 16.9. The molecule has 2 aromatic rings. The van der Waals surface area contributed by atoms with Gasteiger partial charge in [0, 0.05) is 25.2 Å². The molecule has 0 aromatic heterocycles. The SMILES string of the molecule is COC(=O)C(CNC(=O)C=Cc1ccc(NC(C)=O)cc1)Cc1ccc(C)cc1. The number of rotatable bonds is 8. The van der Waals surface area contributed by atoms with E-state index in [9.17, 15) is 14.4 Å². The van der Waals surface area contributed by atoms with Crippen LogP contribution in [0.2, 0.25) is 0 Å². The van der Waals surface area contributed by atoms with Crippen LogP contribution in [0.1, 0.15) is 23.6 Å². The number of hydrogen-bond acceptors (Lipinski definition) is 4. The standard InChI is InChI=1S/C23H26N2O4/c1-16-4-6-19(7-5-16)14-20(23(28)29-3)15-24-22(27)13-10-18-8-11-21(12-9-18)25-17(2)26/h4-13,20H,14-15H2,1-3H3,(H,24,27)(H,25,26). The van der Waals surface area contributed by atoms with E-state index in [0.717, 1.165) is 16.7 Å². The number of carbonyl (C=O) groups excluding carboxylic acids is 3. The Morgan fingerprint density at radius 3 is 2.28 bits per heavy atom. The Kier molecular flexibility index (Phi) is 8.15. The number of nitrogens with one attached hydrogen (secondary N) is 2. The molecule has 0 radical (unpaired) electrons. The van der Waals surface area contributed by atoms with Crippen LogP contribution >= 0.6 is 0 Å². The number of ether oxygens (including phenoxy) is 1. The maximum Gasteiger partial charge on any atom is 0.310 e. The Morgan fingerprint density at radius 1 is 1.03 bits per heavy atom. The van der Waals surface area contributed by atoms with Gasteiger partial charge in [0.2, 0.25) is 11.8 Å². The highest BCUT2D eigenvalue weighted by molar-refractivity contribution is 5.92. The third-order valence-electron chi connectivity index (χ3n) is 4.32. The number of esters is 1. The first-order valence-corrected chi connectivity index (χ1v) is 9.34. The van der Waals surface area contributed by atoms with E-state index >= 15 is 0 Å². The van der Waals surface area contributed by atoms with Gasteiger partial charge in [-0.25, -0.2) is 0 Å². The predicted molar refractivity (Wildman–Crippen MR) is 113 cm³/mol. The van der Waals surface area contributed by atoms with Crippen LogP contribution < -0.4 is 10.6 Å². The van der Waals surface area contributed by atoms with Gasteiger partial charge in [-0.1, -0.05) is 42.0 Å². The van der Waals surface area contributed by atoms with Crippen LogP contribution in [-0.2, 0) is 25.5 Å². The summed E-state index contributed by atoms with van der Waals surface area (Å²) in [4.78, 5) is 35.2. The molecule has 29 heavy (non-hydrogen) atoms. The molecule has 0 aliphatic rings. The fraction of sp³-hybridized carbons (Fsp3) is 0.261. The van der Waals surface area contributed by atoms with Crippen LogP contribution in [0.5, 0.6) is 0 Å². The number of benzene rings is 2. The summed E-state index contributed by atoms with van der Waals surface area (Å²) < 4.78 is 4.87. The van der Waals surface area contributed by atoms with Crippen molar-refractivity contribution in [1.82, 2.24) is 5.32 Å². The third kappa shape index (κ3) is 7.62. The number of anilines is 1. The van der Waals surface area contributed by atoms with Crippen LogP contribution in [0.25, 0.3) is 6.08 Å². The van der Waals surface area contributed by atoms with E-state index in [0.29, 0.717) is 12.1 Å². The van der Waals surface area contributed by atoms with Crippen molar-refractivity contribution in [1.29, 1.82) is 0 Å². The molecule has 6 nitrogen and oxygen atoms in total. The predicted octanol–water partition coefficient (Wildman–Crippen LogP) is 3.11. The molecule has 0 fully saturated rings. The molecular formula is C23H26N2O4. The van der Waals surface area contributed by atoms with Gasteiger partial charge in [-0.3, -0.25) is 14.4 Å². The van der Waals surface area contributed by atoms with Gasteiger partial charge in [-0.05, 0) is 42.7 Å². The Balaban J connectivity index is 1.91. The molecule has 0 saturated carbocycles. The van der Waals surface area contributed by atoms with E-state index < -0.39 is 5.92 Å². The van der Waals surface area contributed by atoms with Crippen LogP contribution in [-0.4, -0.2) is 31.4 Å². The summed E-state index contributed by atoms with van der Waals surface area (Å²) in [6.45, 7) is 3.63. The first-order valence-electron chi connectivity index (χ1n) is 9.34. The Morgan fingerprint density at radius 2 is 1.69 bits per heavy atom. The van der Waals surface area contributed by atoms with Gasteiger partial charge >= 0.3 is 5.97 Å². The second-order valence-corrected chi connectivity index (χ2v) is 6.79. The van der Waals surface area contributed by atoms with E-state index in [2.05, 4.69) is 10.6 Å². The molecular weight excluding hydrogens is 368 g/mol.